The number of nitrogens with zero attached hydrogens (tertiary/aromatic N) is 1. The van der Waals surface area contributed by atoms with Crippen LogP contribution in [0.5, 0.6) is 5.75 Å². The third-order valence-electron chi connectivity index (χ3n) is 4.11. The highest BCUT2D eigenvalue weighted by Crippen LogP contribution is 2.35. The largest absolute Gasteiger partial charge is 0.492 e. The molecule has 3 nitrogen and oxygen atoms in total. The van der Waals surface area contributed by atoms with E-state index in [1.165, 1.54) is 24.9 Å². The second-order valence-corrected chi connectivity index (χ2v) is 5.15. The van der Waals surface area contributed by atoms with Gasteiger partial charge >= 0.3 is 0 Å². The standard InChI is InChI=1S/C15H22N2O/c1-2-18-15-9-4-3-7-14(15)17-11-10-16-12-6-5-8-13(12)17/h3-4,7,9,12-13,16H,2,5-6,8,10-11H2,1H3/t12-,13-/m1/s1. The summed E-state index contributed by atoms with van der Waals surface area (Å²) in [5.41, 5.74) is 1.28. The van der Waals surface area contributed by atoms with Gasteiger partial charge in [0, 0.05) is 25.2 Å². The summed E-state index contributed by atoms with van der Waals surface area (Å²) < 4.78 is 5.78. The van der Waals surface area contributed by atoms with Gasteiger partial charge in [-0.05, 0) is 38.3 Å². The number of benzene rings is 1. The Bertz CT molecular complexity index is 407. The molecule has 0 bridgehead atoms. The zero-order chi connectivity index (χ0) is 12.4. The fourth-order valence-corrected chi connectivity index (χ4v) is 3.36. The lowest BCUT2D eigenvalue weighted by atomic mass is 10.1. The summed E-state index contributed by atoms with van der Waals surface area (Å²) in [5, 5.41) is 3.65. The van der Waals surface area contributed by atoms with E-state index in [4.69, 9.17) is 4.74 Å². The molecule has 2 atom stereocenters. The maximum absolute atomic E-state index is 5.78. The lowest BCUT2D eigenvalue weighted by Gasteiger charge is -2.40. The van der Waals surface area contributed by atoms with Gasteiger partial charge in [0.25, 0.3) is 0 Å². The molecule has 3 heteroatoms. The van der Waals surface area contributed by atoms with Gasteiger partial charge in [0.1, 0.15) is 5.75 Å². The number of para-hydroxylation sites is 2. The predicted molar refractivity (Wildman–Crippen MR) is 74.4 cm³/mol. The van der Waals surface area contributed by atoms with Crippen LogP contribution in [0.15, 0.2) is 24.3 Å². The summed E-state index contributed by atoms with van der Waals surface area (Å²) >= 11 is 0. The second-order valence-electron chi connectivity index (χ2n) is 5.15. The van der Waals surface area contributed by atoms with Gasteiger partial charge < -0.3 is 15.0 Å². The number of nitrogens with one attached hydrogen (secondary N) is 1. The van der Waals surface area contributed by atoms with Crippen molar-refractivity contribution in [2.24, 2.45) is 0 Å². The van der Waals surface area contributed by atoms with Crippen LogP contribution in [0.3, 0.4) is 0 Å². The maximum atomic E-state index is 5.78. The lowest BCUT2D eigenvalue weighted by molar-refractivity contribution is 0.335. The molecule has 2 aliphatic rings. The Morgan fingerprint density at radius 2 is 2.22 bits per heavy atom. The molecule has 0 amide bonds. The third kappa shape index (κ3) is 2.07. The molecular formula is C15H22N2O. The van der Waals surface area contributed by atoms with Crippen molar-refractivity contribution in [3.8, 4) is 5.75 Å². The van der Waals surface area contributed by atoms with Crippen molar-refractivity contribution in [3.05, 3.63) is 24.3 Å². The first-order valence-electron chi connectivity index (χ1n) is 7.12. The number of hydrogen-bond donors (Lipinski definition) is 1. The molecule has 18 heavy (non-hydrogen) atoms. The summed E-state index contributed by atoms with van der Waals surface area (Å²) in [6.07, 6.45) is 3.96. The Labute approximate surface area is 109 Å². The summed E-state index contributed by atoms with van der Waals surface area (Å²) in [6.45, 7) is 4.96. The van der Waals surface area contributed by atoms with E-state index in [1.54, 1.807) is 0 Å². The van der Waals surface area contributed by atoms with E-state index in [0.29, 0.717) is 12.1 Å². The topological polar surface area (TPSA) is 24.5 Å². The van der Waals surface area contributed by atoms with Gasteiger partial charge in [-0.3, -0.25) is 0 Å². The van der Waals surface area contributed by atoms with Crippen molar-refractivity contribution in [2.75, 3.05) is 24.6 Å². The molecular weight excluding hydrogens is 224 g/mol. The van der Waals surface area contributed by atoms with Crippen LogP contribution in [0.1, 0.15) is 26.2 Å². The summed E-state index contributed by atoms with van der Waals surface area (Å²) in [4.78, 5) is 2.55. The van der Waals surface area contributed by atoms with Crippen molar-refractivity contribution in [1.29, 1.82) is 0 Å². The SMILES string of the molecule is CCOc1ccccc1N1CCN[C@@H]2CCC[C@H]21. The molecule has 1 aliphatic carbocycles. The molecule has 1 aliphatic heterocycles. The van der Waals surface area contributed by atoms with Gasteiger partial charge in [-0.15, -0.1) is 0 Å². The van der Waals surface area contributed by atoms with Crippen LogP contribution in [-0.4, -0.2) is 31.8 Å². The lowest BCUT2D eigenvalue weighted by Crippen LogP contribution is -2.55. The van der Waals surface area contributed by atoms with Gasteiger partial charge in [-0.25, -0.2) is 0 Å². The van der Waals surface area contributed by atoms with Gasteiger partial charge in [0.05, 0.1) is 12.3 Å². The van der Waals surface area contributed by atoms with E-state index in [-0.39, 0.29) is 0 Å². The molecule has 2 fully saturated rings. The Morgan fingerprint density at radius 1 is 1.33 bits per heavy atom. The van der Waals surface area contributed by atoms with Crippen LogP contribution in [0.4, 0.5) is 5.69 Å². The van der Waals surface area contributed by atoms with E-state index < -0.39 is 0 Å². The fraction of sp³-hybridized carbons (Fsp3) is 0.600. The summed E-state index contributed by atoms with van der Waals surface area (Å²) in [7, 11) is 0. The molecule has 1 saturated carbocycles. The van der Waals surface area contributed by atoms with E-state index in [0.717, 1.165) is 25.4 Å². The third-order valence-corrected chi connectivity index (χ3v) is 4.11. The van der Waals surface area contributed by atoms with E-state index in [9.17, 15) is 0 Å². The van der Waals surface area contributed by atoms with Crippen LogP contribution in [0.25, 0.3) is 0 Å². The molecule has 1 saturated heterocycles. The number of anilines is 1. The van der Waals surface area contributed by atoms with Gasteiger partial charge in [0.2, 0.25) is 0 Å². The number of piperazine rings is 1. The Kier molecular flexibility index (Phi) is 3.41. The minimum atomic E-state index is 0.653. The molecule has 1 N–H and O–H groups in total. The van der Waals surface area contributed by atoms with Crippen LogP contribution >= 0.6 is 0 Å². The van der Waals surface area contributed by atoms with Crippen molar-refractivity contribution in [1.82, 2.24) is 5.32 Å². The minimum Gasteiger partial charge on any atom is -0.492 e. The van der Waals surface area contributed by atoms with Gasteiger partial charge in [-0.2, -0.15) is 0 Å². The molecule has 1 aromatic carbocycles. The zero-order valence-electron chi connectivity index (χ0n) is 11.1. The second kappa shape index (κ2) is 5.19. The predicted octanol–water partition coefficient (Wildman–Crippen LogP) is 2.42. The van der Waals surface area contributed by atoms with Crippen LogP contribution in [0, 0.1) is 0 Å². The Hall–Kier alpha value is -1.22. The summed E-state index contributed by atoms with van der Waals surface area (Å²) in [6, 6.07) is 9.79. The Morgan fingerprint density at radius 3 is 3.11 bits per heavy atom. The first-order chi connectivity index (χ1) is 8.90. The quantitative estimate of drug-likeness (QED) is 0.886. The summed E-state index contributed by atoms with van der Waals surface area (Å²) in [5.74, 6) is 1.03. The highest BCUT2D eigenvalue weighted by Gasteiger charge is 2.35. The molecule has 98 valence electrons. The zero-order valence-corrected chi connectivity index (χ0v) is 11.1. The monoisotopic (exact) mass is 246 g/mol. The first-order valence-corrected chi connectivity index (χ1v) is 7.12. The van der Waals surface area contributed by atoms with E-state index in [1.807, 2.05) is 6.92 Å². The van der Waals surface area contributed by atoms with Crippen LogP contribution < -0.4 is 15.0 Å². The average Bonchev–Trinajstić information content (AvgIpc) is 2.88. The average molecular weight is 246 g/mol. The molecule has 0 spiro atoms. The number of rotatable bonds is 3. The maximum Gasteiger partial charge on any atom is 0.142 e. The molecule has 3 rings (SSSR count). The van der Waals surface area contributed by atoms with Crippen molar-refractivity contribution in [3.63, 3.8) is 0 Å². The Balaban J connectivity index is 1.88. The van der Waals surface area contributed by atoms with Crippen molar-refractivity contribution >= 4 is 5.69 Å². The molecule has 1 heterocycles. The van der Waals surface area contributed by atoms with Crippen LogP contribution in [-0.2, 0) is 0 Å². The number of fused-ring (bicyclic) bond motifs is 1. The van der Waals surface area contributed by atoms with Crippen molar-refractivity contribution < 1.29 is 4.74 Å². The highest BCUT2D eigenvalue weighted by molar-refractivity contribution is 5.60. The van der Waals surface area contributed by atoms with E-state index >= 15 is 0 Å². The minimum absolute atomic E-state index is 0.653. The molecule has 0 radical (unpaired) electrons. The highest BCUT2D eigenvalue weighted by atomic mass is 16.5. The van der Waals surface area contributed by atoms with Crippen molar-refractivity contribution in [2.45, 2.75) is 38.3 Å². The number of hydrogen-bond acceptors (Lipinski definition) is 3. The molecule has 1 aromatic rings. The first kappa shape index (κ1) is 11.8. The smallest absolute Gasteiger partial charge is 0.142 e. The normalized spacial score (nSPS) is 27.1. The number of ether oxygens (including phenoxy) is 1. The van der Waals surface area contributed by atoms with E-state index in [2.05, 4.69) is 34.5 Å². The molecule has 0 unspecified atom stereocenters. The van der Waals surface area contributed by atoms with Gasteiger partial charge in [-0.1, -0.05) is 12.1 Å². The fourth-order valence-electron chi connectivity index (χ4n) is 3.36. The van der Waals surface area contributed by atoms with Crippen LogP contribution in [0.2, 0.25) is 0 Å². The molecule has 0 aromatic heterocycles. The van der Waals surface area contributed by atoms with Gasteiger partial charge in [0.15, 0.2) is 0 Å².